The molecule has 0 saturated heterocycles. The fourth-order valence-electron chi connectivity index (χ4n) is 2.59. The molecule has 0 unspecified atom stereocenters. The van der Waals surface area contributed by atoms with Gasteiger partial charge in [0.2, 0.25) is 0 Å². The van der Waals surface area contributed by atoms with Crippen molar-refractivity contribution in [3.8, 4) is 17.5 Å². The fourth-order valence-corrected chi connectivity index (χ4v) is 2.59. The van der Waals surface area contributed by atoms with Crippen LogP contribution in [0.25, 0.3) is 22.4 Å². The summed E-state index contributed by atoms with van der Waals surface area (Å²) >= 11 is 0. The van der Waals surface area contributed by atoms with Gasteiger partial charge in [-0.05, 0) is 54.1 Å². The minimum atomic E-state index is 0.646. The summed E-state index contributed by atoms with van der Waals surface area (Å²) in [6.45, 7) is 0. The minimum Gasteiger partial charge on any atom is -0.338 e. The van der Waals surface area contributed by atoms with E-state index >= 15 is 0 Å². The molecule has 0 aliphatic carbocycles. The summed E-state index contributed by atoms with van der Waals surface area (Å²) in [6, 6.07) is 25.3. The zero-order valence-corrected chi connectivity index (χ0v) is 13.3. The Morgan fingerprint density at radius 1 is 0.920 bits per heavy atom. The minimum absolute atomic E-state index is 0.646. The number of fused-ring (bicyclic) bond motifs is 1. The van der Waals surface area contributed by atoms with Gasteiger partial charge < -0.3 is 4.98 Å². The summed E-state index contributed by atoms with van der Waals surface area (Å²) in [5.41, 5.74) is 5.48. The van der Waals surface area contributed by atoms with Crippen LogP contribution in [0.1, 0.15) is 11.1 Å². The second-order valence-corrected chi connectivity index (χ2v) is 5.64. The topological polar surface area (TPSA) is 64.8 Å². The number of nitrogens with zero attached hydrogens (tertiary/aromatic N) is 3. The largest absolute Gasteiger partial charge is 0.338 e. The average Bonchev–Trinajstić information content (AvgIpc) is 3.11. The lowest BCUT2D eigenvalue weighted by atomic mass is 10.1. The number of aromatic nitrogens is 2. The molecule has 4 heteroatoms. The van der Waals surface area contributed by atoms with Crippen LogP contribution in [-0.4, -0.2) is 16.2 Å². The van der Waals surface area contributed by atoms with Gasteiger partial charge in [-0.2, -0.15) is 5.26 Å². The Hall–Kier alpha value is -3.71. The third-order valence-corrected chi connectivity index (χ3v) is 3.93. The highest BCUT2D eigenvalue weighted by Gasteiger charge is 2.04. The van der Waals surface area contributed by atoms with E-state index in [1.807, 2.05) is 60.7 Å². The number of imidazole rings is 1. The maximum Gasteiger partial charge on any atom is 0.138 e. The SMILES string of the molecule is N#Cc1ccc(C=Nc2ccc(-c3nc4ccccc4[nH]3)cc2)cc1. The summed E-state index contributed by atoms with van der Waals surface area (Å²) in [5.74, 6) is 0.851. The Kier molecular flexibility index (Phi) is 3.82. The number of aliphatic imine (C=N–C) groups is 1. The molecule has 0 atom stereocenters. The quantitative estimate of drug-likeness (QED) is 0.548. The van der Waals surface area contributed by atoms with Gasteiger partial charge in [0.25, 0.3) is 0 Å². The molecule has 0 saturated carbocycles. The van der Waals surface area contributed by atoms with Crippen molar-refractivity contribution >= 4 is 22.9 Å². The van der Waals surface area contributed by atoms with Crippen molar-refractivity contribution in [2.75, 3.05) is 0 Å². The molecule has 0 aliphatic rings. The summed E-state index contributed by atoms with van der Waals surface area (Å²) in [7, 11) is 0. The van der Waals surface area contributed by atoms with Gasteiger partial charge in [0, 0.05) is 11.8 Å². The Bertz CT molecular complexity index is 1050. The maximum absolute atomic E-state index is 8.81. The van der Waals surface area contributed by atoms with Crippen LogP contribution < -0.4 is 0 Å². The smallest absolute Gasteiger partial charge is 0.138 e. The maximum atomic E-state index is 8.81. The highest BCUT2D eigenvalue weighted by Crippen LogP contribution is 2.23. The van der Waals surface area contributed by atoms with E-state index in [9.17, 15) is 0 Å². The molecule has 1 N–H and O–H groups in total. The molecule has 0 spiro atoms. The van der Waals surface area contributed by atoms with E-state index in [0.29, 0.717) is 5.56 Å². The first-order valence-corrected chi connectivity index (χ1v) is 7.91. The Balaban J connectivity index is 1.55. The average molecular weight is 322 g/mol. The summed E-state index contributed by atoms with van der Waals surface area (Å²) in [4.78, 5) is 12.4. The number of para-hydroxylation sites is 2. The molecule has 0 bridgehead atoms. The van der Waals surface area contributed by atoms with E-state index in [1.165, 1.54) is 0 Å². The third kappa shape index (κ3) is 3.17. The first-order chi connectivity index (χ1) is 12.3. The number of rotatable bonds is 3. The van der Waals surface area contributed by atoms with Crippen LogP contribution in [0.5, 0.6) is 0 Å². The molecule has 1 aromatic heterocycles. The molecule has 0 amide bonds. The van der Waals surface area contributed by atoms with Gasteiger partial charge in [-0.1, -0.05) is 24.3 Å². The Labute approximate surface area is 145 Å². The van der Waals surface area contributed by atoms with Crippen molar-refractivity contribution in [3.63, 3.8) is 0 Å². The molecule has 0 fully saturated rings. The lowest BCUT2D eigenvalue weighted by Crippen LogP contribution is -1.82. The molecule has 0 radical (unpaired) electrons. The molecule has 3 aromatic carbocycles. The number of benzene rings is 3. The Morgan fingerprint density at radius 3 is 2.40 bits per heavy atom. The van der Waals surface area contributed by atoms with Crippen LogP contribution in [0.2, 0.25) is 0 Å². The summed E-state index contributed by atoms with van der Waals surface area (Å²) in [5, 5.41) is 8.81. The second kappa shape index (κ2) is 6.42. The third-order valence-electron chi connectivity index (χ3n) is 3.93. The number of hydrogen-bond donors (Lipinski definition) is 1. The van der Waals surface area contributed by atoms with Crippen LogP contribution in [-0.2, 0) is 0 Å². The van der Waals surface area contributed by atoms with E-state index in [4.69, 9.17) is 5.26 Å². The van der Waals surface area contributed by atoms with Crippen LogP contribution in [0.3, 0.4) is 0 Å². The van der Waals surface area contributed by atoms with E-state index in [-0.39, 0.29) is 0 Å². The van der Waals surface area contributed by atoms with Gasteiger partial charge in [0.05, 0.1) is 28.4 Å². The van der Waals surface area contributed by atoms with E-state index < -0.39 is 0 Å². The fraction of sp³-hybridized carbons (Fsp3) is 0. The lowest BCUT2D eigenvalue weighted by molar-refractivity contribution is 1.33. The number of nitrogens with one attached hydrogen (secondary N) is 1. The zero-order chi connectivity index (χ0) is 17.1. The molecule has 1 heterocycles. The van der Waals surface area contributed by atoms with Gasteiger partial charge >= 0.3 is 0 Å². The monoisotopic (exact) mass is 322 g/mol. The lowest BCUT2D eigenvalue weighted by Gasteiger charge is -1.98. The summed E-state index contributed by atoms with van der Waals surface area (Å²) in [6.07, 6.45) is 1.79. The molecular weight excluding hydrogens is 308 g/mol. The van der Waals surface area contributed by atoms with Crippen molar-refractivity contribution < 1.29 is 0 Å². The highest BCUT2D eigenvalue weighted by molar-refractivity contribution is 5.82. The molecule has 118 valence electrons. The van der Waals surface area contributed by atoms with Gasteiger partial charge in [0.15, 0.2) is 0 Å². The predicted octanol–water partition coefficient (Wildman–Crippen LogP) is 4.85. The van der Waals surface area contributed by atoms with E-state index in [2.05, 4.69) is 21.0 Å². The highest BCUT2D eigenvalue weighted by atomic mass is 14.9. The standard InChI is InChI=1S/C21H14N4/c22-13-15-5-7-16(8-6-15)14-23-18-11-9-17(10-12-18)21-24-19-3-1-2-4-20(19)25-21/h1-12,14H,(H,24,25). The van der Waals surface area contributed by atoms with Gasteiger partial charge in [0.1, 0.15) is 5.82 Å². The summed E-state index contributed by atoms with van der Waals surface area (Å²) < 4.78 is 0. The van der Waals surface area contributed by atoms with Crippen molar-refractivity contribution in [2.24, 2.45) is 4.99 Å². The zero-order valence-electron chi connectivity index (χ0n) is 13.3. The van der Waals surface area contributed by atoms with Crippen LogP contribution >= 0.6 is 0 Å². The predicted molar refractivity (Wildman–Crippen MR) is 99.9 cm³/mol. The van der Waals surface area contributed by atoms with Crippen molar-refractivity contribution in [3.05, 3.63) is 83.9 Å². The molecule has 4 nitrogen and oxygen atoms in total. The van der Waals surface area contributed by atoms with Gasteiger partial charge in [-0.15, -0.1) is 0 Å². The van der Waals surface area contributed by atoms with Crippen molar-refractivity contribution in [1.82, 2.24) is 9.97 Å². The molecule has 4 aromatic rings. The van der Waals surface area contributed by atoms with Gasteiger partial charge in [-0.3, -0.25) is 4.99 Å². The number of hydrogen-bond acceptors (Lipinski definition) is 3. The normalized spacial score (nSPS) is 11.0. The van der Waals surface area contributed by atoms with Crippen LogP contribution in [0, 0.1) is 11.3 Å². The van der Waals surface area contributed by atoms with Crippen LogP contribution in [0.4, 0.5) is 5.69 Å². The second-order valence-electron chi connectivity index (χ2n) is 5.64. The van der Waals surface area contributed by atoms with Crippen LogP contribution in [0.15, 0.2) is 77.8 Å². The number of H-pyrrole nitrogens is 1. The van der Waals surface area contributed by atoms with Crippen molar-refractivity contribution in [1.29, 1.82) is 5.26 Å². The molecule has 4 rings (SSSR count). The number of nitriles is 1. The first kappa shape index (κ1) is 14.9. The number of aromatic amines is 1. The Morgan fingerprint density at radius 2 is 1.68 bits per heavy atom. The van der Waals surface area contributed by atoms with E-state index in [0.717, 1.165) is 33.7 Å². The van der Waals surface area contributed by atoms with E-state index in [1.54, 1.807) is 18.3 Å². The molecular formula is C21H14N4. The molecule has 25 heavy (non-hydrogen) atoms. The first-order valence-electron chi connectivity index (χ1n) is 7.91. The van der Waals surface area contributed by atoms with Crippen molar-refractivity contribution in [2.45, 2.75) is 0 Å². The molecule has 0 aliphatic heterocycles. The van der Waals surface area contributed by atoms with Gasteiger partial charge in [-0.25, -0.2) is 4.98 Å².